The van der Waals surface area contributed by atoms with Gasteiger partial charge in [0.05, 0.1) is 17.6 Å². The van der Waals surface area contributed by atoms with Crippen molar-refractivity contribution in [1.82, 2.24) is 0 Å². The number of esters is 1. The third-order valence-electron chi connectivity index (χ3n) is 12.4. The Labute approximate surface area is 227 Å². The van der Waals surface area contributed by atoms with Crippen LogP contribution in [-0.4, -0.2) is 45.1 Å². The average Bonchev–Trinajstić information content (AvgIpc) is 3.07. The van der Waals surface area contributed by atoms with Crippen LogP contribution in [0.25, 0.3) is 0 Å². The first-order valence-corrected chi connectivity index (χ1v) is 14.8. The molecular formula is C32H48O6. The number of aliphatic hydroxyl groups excluding tert-OH is 1. The van der Waals surface area contributed by atoms with E-state index in [9.17, 15) is 24.9 Å². The minimum atomic E-state index is -1.28. The standard InChI is InChI=1S/C32H48O6/c1-18(2)8-7-9-20-10-13-32(37)15-14-29(4)21(26(32)28(35)36)11-12-30(5)27(29)23(34)16-22-25(20)24(38-19(3)33)17-31(22,30)6/h8,21-24,26-27,34,37H,7,9-17H2,1-6H3,(H,35,36)/t21?,22-,23-,24+,26-,27?,29+,30+,31+,32-/m1/s1. The molecule has 212 valence electrons. The Hall–Kier alpha value is -1.66. The lowest BCUT2D eigenvalue weighted by Crippen LogP contribution is -2.68. The second kappa shape index (κ2) is 9.19. The van der Waals surface area contributed by atoms with Gasteiger partial charge >= 0.3 is 11.9 Å². The highest BCUT2D eigenvalue weighted by Gasteiger charge is 2.72. The maximum Gasteiger partial charge on any atom is 0.309 e. The third kappa shape index (κ3) is 3.87. The van der Waals surface area contributed by atoms with E-state index < -0.39 is 23.6 Å². The van der Waals surface area contributed by atoms with E-state index in [2.05, 4.69) is 40.7 Å². The van der Waals surface area contributed by atoms with Crippen LogP contribution in [0, 0.1) is 39.9 Å². The van der Waals surface area contributed by atoms with E-state index in [0.29, 0.717) is 25.7 Å². The van der Waals surface area contributed by atoms with Crippen molar-refractivity contribution in [3.05, 3.63) is 22.8 Å². The fourth-order valence-corrected chi connectivity index (χ4v) is 10.7. The normalized spacial score (nSPS) is 47.5. The Morgan fingerprint density at radius 3 is 2.39 bits per heavy atom. The first kappa shape index (κ1) is 27.9. The summed E-state index contributed by atoms with van der Waals surface area (Å²) in [4.78, 5) is 25.2. The summed E-state index contributed by atoms with van der Waals surface area (Å²) >= 11 is 0. The molecule has 10 atom stereocenters. The molecule has 0 heterocycles. The zero-order valence-corrected chi connectivity index (χ0v) is 24.2. The molecule has 0 aromatic rings. The van der Waals surface area contributed by atoms with E-state index in [1.807, 2.05) is 0 Å². The van der Waals surface area contributed by atoms with Gasteiger partial charge in [0, 0.05) is 6.92 Å². The van der Waals surface area contributed by atoms with E-state index in [1.165, 1.54) is 18.1 Å². The van der Waals surface area contributed by atoms with Gasteiger partial charge in [-0.15, -0.1) is 0 Å². The van der Waals surface area contributed by atoms with Crippen molar-refractivity contribution in [2.45, 2.75) is 124 Å². The summed E-state index contributed by atoms with van der Waals surface area (Å²) in [6, 6.07) is 0. The Kier molecular flexibility index (Phi) is 6.75. The number of aliphatic hydroxyl groups is 2. The topological polar surface area (TPSA) is 104 Å². The van der Waals surface area contributed by atoms with Gasteiger partial charge in [-0.25, -0.2) is 0 Å². The van der Waals surface area contributed by atoms with Gasteiger partial charge in [-0.3, -0.25) is 9.59 Å². The quantitative estimate of drug-likeness (QED) is 0.307. The maximum atomic E-state index is 12.9. The number of ether oxygens (including phenoxy) is 1. The number of carbonyl (C=O) groups excluding carboxylic acids is 1. The predicted octanol–water partition coefficient (Wildman–Crippen LogP) is 5.81. The second-order valence-corrected chi connectivity index (χ2v) is 14.4. The lowest BCUT2D eigenvalue weighted by atomic mass is 9.35. The van der Waals surface area contributed by atoms with Crippen LogP contribution in [0.5, 0.6) is 0 Å². The third-order valence-corrected chi connectivity index (χ3v) is 12.4. The molecule has 0 aromatic carbocycles. The van der Waals surface area contributed by atoms with E-state index >= 15 is 0 Å². The molecule has 8 aliphatic carbocycles. The number of hydrogen-bond acceptors (Lipinski definition) is 5. The van der Waals surface area contributed by atoms with Crippen LogP contribution in [0.15, 0.2) is 22.8 Å². The molecule has 0 radical (unpaired) electrons. The molecule has 8 rings (SSSR count). The summed E-state index contributed by atoms with van der Waals surface area (Å²) in [5.41, 5.74) is 1.53. The highest BCUT2D eigenvalue weighted by Crippen LogP contribution is 2.75. The van der Waals surface area contributed by atoms with Gasteiger partial charge in [0.2, 0.25) is 0 Å². The number of carboxylic acids is 1. The smallest absolute Gasteiger partial charge is 0.309 e. The molecule has 0 saturated heterocycles. The molecule has 38 heavy (non-hydrogen) atoms. The SMILES string of the molecule is CC(=O)O[C@H]1C[C@@]2(C)[C@@H]3C[C@@H](O)C4[C@@]5(C)CC[C@](O)(CCC(CCC=C(C)C)=C13)[C@@H](C(=O)O)C5CC[C@@]42C. The molecule has 0 aliphatic heterocycles. The molecule has 6 heteroatoms. The number of rotatable bonds is 5. The van der Waals surface area contributed by atoms with Crippen LogP contribution in [0.3, 0.4) is 0 Å². The molecule has 4 fully saturated rings. The largest absolute Gasteiger partial charge is 0.481 e. The zero-order valence-electron chi connectivity index (χ0n) is 24.2. The Morgan fingerprint density at radius 1 is 1.05 bits per heavy atom. The molecule has 8 aliphatic rings. The monoisotopic (exact) mass is 528 g/mol. The lowest BCUT2D eigenvalue weighted by Gasteiger charge is -2.69. The van der Waals surface area contributed by atoms with Gasteiger partial charge in [0.25, 0.3) is 0 Å². The van der Waals surface area contributed by atoms with Crippen LogP contribution >= 0.6 is 0 Å². The Balaban J connectivity index is 1.75. The van der Waals surface area contributed by atoms with Crippen molar-refractivity contribution in [1.29, 1.82) is 0 Å². The van der Waals surface area contributed by atoms with Gasteiger partial charge in [-0.1, -0.05) is 38.0 Å². The molecule has 4 saturated carbocycles. The van der Waals surface area contributed by atoms with E-state index in [-0.39, 0.29) is 46.1 Å². The van der Waals surface area contributed by atoms with Crippen molar-refractivity contribution >= 4 is 11.9 Å². The lowest BCUT2D eigenvalue weighted by molar-refractivity contribution is -0.251. The van der Waals surface area contributed by atoms with E-state index in [0.717, 1.165) is 44.1 Å². The molecule has 3 N–H and O–H groups in total. The summed E-state index contributed by atoms with van der Waals surface area (Å²) in [5.74, 6) is -2.16. The Bertz CT molecular complexity index is 1070. The highest BCUT2D eigenvalue weighted by atomic mass is 16.5. The average molecular weight is 529 g/mol. The minimum absolute atomic E-state index is 0.0627. The number of carboxylic acid groups (broad SMARTS) is 1. The number of hydrogen-bond donors (Lipinski definition) is 3. The maximum absolute atomic E-state index is 12.9. The summed E-state index contributed by atoms with van der Waals surface area (Å²) in [6.07, 6.45) is 8.06. The Morgan fingerprint density at radius 2 is 1.76 bits per heavy atom. The molecular weight excluding hydrogens is 480 g/mol. The van der Waals surface area contributed by atoms with Crippen molar-refractivity contribution in [3.63, 3.8) is 0 Å². The fourth-order valence-electron chi connectivity index (χ4n) is 10.7. The number of fused-ring (bicyclic) bond motifs is 1. The van der Waals surface area contributed by atoms with E-state index in [4.69, 9.17) is 4.74 Å². The fraction of sp³-hybridized carbons (Fsp3) is 0.812. The first-order valence-electron chi connectivity index (χ1n) is 14.8. The molecule has 0 aromatic heterocycles. The van der Waals surface area contributed by atoms with Crippen LogP contribution in [0.4, 0.5) is 0 Å². The van der Waals surface area contributed by atoms with Crippen molar-refractivity contribution in [3.8, 4) is 0 Å². The van der Waals surface area contributed by atoms with Crippen molar-refractivity contribution in [2.75, 3.05) is 0 Å². The van der Waals surface area contributed by atoms with Gasteiger partial charge in [0.1, 0.15) is 6.10 Å². The summed E-state index contributed by atoms with van der Waals surface area (Å²) < 4.78 is 6.07. The van der Waals surface area contributed by atoms with Crippen molar-refractivity contribution < 1.29 is 29.6 Å². The predicted molar refractivity (Wildman–Crippen MR) is 145 cm³/mol. The van der Waals surface area contributed by atoms with Gasteiger partial charge in [0.15, 0.2) is 0 Å². The van der Waals surface area contributed by atoms with Gasteiger partial charge < -0.3 is 20.1 Å². The van der Waals surface area contributed by atoms with Gasteiger partial charge in [-0.2, -0.15) is 0 Å². The second-order valence-electron chi connectivity index (χ2n) is 14.4. The van der Waals surface area contributed by atoms with Crippen LogP contribution < -0.4 is 0 Å². The van der Waals surface area contributed by atoms with Crippen LogP contribution in [0.2, 0.25) is 0 Å². The summed E-state index contributed by atoms with van der Waals surface area (Å²) in [6.45, 7) is 12.5. The zero-order chi connectivity index (χ0) is 27.8. The number of allylic oxidation sites excluding steroid dienone is 3. The summed E-state index contributed by atoms with van der Waals surface area (Å²) in [7, 11) is 0. The van der Waals surface area contributed by atoms with Gasteiger partial charge in [-0.05, 0) is 118 Å². The highest BCUT2D eigenvalue weighted by molar-refractivity contribution is 5.72. The van der Waals surface area contributed by atoms with Crippen molar-refractivity contribution in [2.24, 2.45) is 39.9 Å². The first-order chi connectivity index (χ1) is 17.7. The van der Waals surface area contributed by atoms with Crippen LogP contribution in [-0.2, 0) is 14.3 Å². The number of aliphatic carboxylic acids is 1. The number of carbonyl (C=O) groups is 2. The molecule has 0 spiro atoms. The molecule has 0 amide bonds. The summed E-state index contributed by atoms with van der Waals surface area (Å²) in [5, 5.41) is 34.6. The molecule has 2 unspecified atom stereocenters. The van der Waals surface area contributed by atoms with E-state index in [1.54, 1.807) is 0 Å². The molecule has 6 nitrogen and oxygen atoms in total. The van der Waals surface area contributed by atoms with Crippen LogP contribution in [0.1, 0.15) is 106 Å². The minimum Gasteiger partial charge on any atom is -0.481 e. The molecule has 8 bridgehead atoms.